The molecular weight excluding hydrogens is 426 g/mol. The van der Waals surface area contributed by atoms with E-state index in [0.717, 1.165) is 25.0 Å². The fourth-order valence-corrected chi connectivity index (χ4v) is 4.22. The van der Waals surface area contributed by atoms with Gasteiger partial charge >= 0.3 is 12.1 Å². The molecule has 9 nitrogen and oxygen atoms in total. The molecular formula is C24H27N3O6. The number of nitrogens with zero attached hydrogens (tertiary/aromatic N) is 3. The summed E-state index contributed by atoms with van der Waals surface area (Å²) in [5.74, 6) is -2.19. The molecule has 9 heteroatoms. The first-order valence-corrected chi connectivity index (χ1v) is 10.9. The Kier molecular flexibility index (Phi) is 5.73. The summed E-state index contributed by atoms with van der Waals surface area (Å²) in [6, 6.07) is 9.36. The average molecular weight is 453 g/mol. The van der Waals surface area contributed by atoms with Gasteiger partial charge in [-0.25, -0.2) is 9.59 Å². The molecule has 1 fully saturated rings. The Labute approximate surface area is 191 Å². The van der Waals surface area contributed by atoms with Gasteiger partial charge in [0.25, 0.3) is 11.8 Å². The molecule has 0 bridgehead atoms. The van der Waals surface area contributed by atoms with E-state index in [1.165, 1.54) is 12.1 Å². The molecule has 0 N–H and O–H groups in total. The number of carbonyl (C=O) groups is 4. The second-order valence-electron chi connectivity index (χ2n) is 9.22. The number of rotatable bonds is 3. The fourth-order valence-electron chi connectivity index (χ4n) is 4.22. The van der Waals surface area contributed by atoms with Gasteiger partial charge in [0.15, 0.2) is 0 Å². The van der Waals surface area contributed by atoms with E-state index in [9.17, 15) is 19.2 Å². The van der Waals surface area contributed by atoms with Crippen molar-refractivity contribution in [1.29, 1.82) is 0 Å². The molecule has 174 valence electrons. The van der Waals surface area contributed by atoms with Crippen molar-refractivity contribution in [2.24, 2.45) is 7.05 Å². The van der Waals surface area contributed by atoms with E-state index in [0.29, 0.717) is 11.6 Å². The number of fused-ring (bicyclic) bond motifs is 1. The SMILES string of the molecule is Cn1c(C(=O)ON2C(=O)c3ccccc3C2=O)ccc1C1CCCCN1C(=O)OC(C)(C)C. The molecule has 0 saturated carbocycles. The lowest BCUT2D eigenvalue weighted by Crippen LogP contribution is -2.42. The second-order valence-corrected chi connectivity index (χ2v) is 9.22. The van der Waals surface area contributed by atoms with Crippen LogP contribution in [0.5, 0.6) is 0 Å². The molecule has 2 aliphatic rings. The normalized spacial score (nSPS) is 18.4. The van der Waals surface area contributed by atoms with Gasteiger partial charge in [-0.05, 0) is 64.3 Å². The monoisotopic (exact) mass is 453 g/mol. The zero-order chi connectivity index (χ0) is 23.9. The molecule has 1 aromatic heterocycles. The summed E-state index contributed by atoms with van der Waals surface area (Å²) in [6.45, 7) is 6.01. The summed E-state index contributed by atoms with van der Waals surface area (Å²) in [6.07, 6.45) is 2.13. The Balaban J connectivity index is 1.54. The van der Waals surface area contributed by atoms with Crippen molar-refractivity contribution >= 4 is 23.9 Å². The highest BCUT2D eigenvalue weighted by Crippen LogP contribution is 2.33. The number of aromatic nitrogens is 1. The lowest BCUT2D eigenvalue weighted by Gasteiger charge is -2.37. The summed E-state index contributed by atoms with van der Waals surface area (Å²) in [5.41, 5.74) is 0.677. The zero-order valence-electron chi connectivity index (χ0n) is 19.2. The van der Waals surface area contributed by atoms with Crippen LogP contribution >= 0.6 is 0 Å². The number of benzene rings is 1. The average Bonchev–Trinajstić information content (AvgIpc) is 3.26. The molecule has 3 heterocycles. The maximum absolute atomic E-state index is 12.9. The van der Waals surface area contributed by atoms with Crippen molar-refractivity contribution in [2.75, 3.05) is 6.54 Å². The van der Waals surface area contributed by atoms with Gasteiger partial charge in [-0.2, -0.15) is 0 Å². The largest absolute Gasteiger partial charge is 0.444 e. The zero-order valence-corrected chi connectivity index (χ0v) is 19.2. The van der Waals surface area contributed by atoms with Gasteiger partial charge in [0.1, 0.15) is 11.3 Å². The van der Waals surface area contributed by atoms with Gasteiger partial charge in [0.05, 0.1) is 17.2 Å². The number of hydrogen-bond donors (Lipinski definition) is 0. The molecule has 1 unspecified atom stereocenters. The van der Waals surface area contributed by atoms with Gasteiger partial charge < -0.3 is 14.1 Å². The predicted octanol–water partition coefficient (Wildman–Crippen LogP) is 3.86. The van der Waals surface area contributed by atoms with Crippen LogP contribution in [0.2, 0.25) is 0 Å². The first-order valence-electron chi connectivity index (χ1n) is 10.9. The first kappa shape index (κ1) is 22.6. The van der Waals surface area contributed by atoms with Gasteiger partial charge in [-0.15, -0.1) is 0 Å². The summed E-state index contributed by atoms with van der Waals surface area (Å²) in [5, 5.41) is 0.493. The third kappa shape index (κ3) is 4.22. The number of piperidine rings is 1. The minimum absolute atomic E-state index is 0.163. The molecule has 0 radical (unpaired) electrons. The highest BCUT2D eigenvalue weighted by Gasteiger charge is 2.39. The molecule has 3 amide bonds. The van der Waals surface area contributed by atoms with Crippen LogP contribution < -0.4 is 0 Å². The van der Waals surface area contributed by atoms with Gasteiger partial charge in [-0.3, -0.25) is 14.5 Å². The minimum atomic E-state index is -0.835. The van der Waals surface area contributed by atoms with E-state index < -0.39 is 29.5 Å². The van der Waals surface area contributed by atoms with Gasteiger partial charge in [-0.1, -0.05) is 17.2 Å². The topological polar surface area (TPSA) is 98.1 Å². The quantitative estimate of drug-likeness (QED) is 0.655. The van der Waals surface area contributed by atoms with Crippen molar-refractivity contribution in [1.82, 2.24) is 14.5 Å². The highest BCUT2D eigenvalue weighted by molar-refractivity contribution is 6.21. The van der Waals surface area contributed by atoms with Crippen LogP contribution in [0.3, 0.4) is 0 Å². The van der Waals surface area contributed by atoms with Gasteiger partial charge in [0.2, 0.25) is 0 Å². The van der Waals surface area contributed by atoms with E-state index >= 15 is 0 Å². The van der Waals surface area contributed by atoms with Crippen LogP contribution in [-0.2, 0) is 16.6 Å². The van der Waals surface area contributed by atoms with E-state index in [4.69, 9.17) is 9.57 Å². The smallest absolute Gasteiger partial charge is 0.410 e. The van der Waals surface area contributed by atoms with Crippen LogP contribution in [-0.4, -0.2) is 50.6 Å². The van der Waals surface area contributed by atoms with E-state index in [-0.39, 0.29) is 22.9 Å². The number of amides is 3. The minimum Gasteiger partial charge on any atom is -0.444 e. The number of carbonyl (C=O) groups excluding carboxylic acids is 4. The third-order valence-corrected chi connectivity index (χ3v) is 5.77. The van der Waals surface area contributed by atoms with E-state index in [1.54, 1.807) is 40.8 Å². The first-order chi connectivity index (χ1) is 15.6. The summed E-state index contributed by atoms with van der Waals surface area (Å²) >= 11 is 0. The van der Waals surface area contributed by atoms with Crippen molar-refractivity contribution in [2.45, 2.75) is 51.7 Å². The molecule has 2 aromatic rings. The van der Waals surface area contributed by atoms with Gasteiger partial charge in [0, 0.05) is 19.3 Å². The Morgan fingerprint density at radius 1 is 0.970 bits per heavy atom. The number of ether oxygens (including phenoxy) is 1. The van der Waals surface area contributed by atoms with Crippen molar-refractivity contribution in [3.8, 4) is 0 Å². The van der Waals surface area contributed by atoms with Crippen LogP contribution in [0.25, 0.3) is 0 Å². The molecule has 1 atom stereocenters. The Morgan fingerprint density at radius 2 is 1.61 bits per heavy atom. The molecule has 0 spiro atoms. The van der Waals surface area contributed by atoms with Crippen molar-refractivity contribution in [3.63, 3.8) is 0 Å². The molecule has 4 rings (SSSR count). The van der Waals surface area contributed by atoms with Crippen LogP contribution in [0.4, 0.5) is 4.79 Å². The van der Waals surface area contributed by atoms with Crippen LogP contribution in [0, 0.1) is 0 Å². The lowest BCUT2D eigenvalue weighted by molar-refractivity contribution is -0.0591. The number of imide groups is 1. The summed E-state index contributed by atoms with van der Waals surface area (Å²) in [4.78, 5) is 57.5. The number of hydrogen-bond acceptors (Lipinski definition) is 6. The molecule has 2 aliphatic heterocycles. The number of likely N-dealkylation sites (tertiary alicyclic amines) is 1. The Hall–Kier alpha value is -3.62. The number of hydroxylamine groups is 2. The summed E-state index contributed by atoms with van der Waals surface area (Å²) < 4.78 is 7.20. The third-order valence-electron chi connectivity index (χ3n) is 5.77. The van der Waals surface area contributed by atoms with E-state index in [2.05, 4.69) is 0 Å². The Morgan fingerprint density at radius 3 is 2.21 bits per heavy atom. The lowest BCUT2D eigenvalue weighted by atomic mass is 10.00. The predicted molar refractivity (Wildman–Crippen MR) is 117 cm³/mol. The van der Waals surface area contributed by atoms with E-state index in [1.807, 2.05) is 20.8 Å². The van der Waals surface area contributed by atoms with Crippen molar-refractivity contribution < 1.29 is 28.8 Å². The Bertz CT molecular complexity index is 1090. The standard InChI is InChI=1S/C24H27N3O6/c1-24(2,3)32-23(31)26-14-8-7-11-18(26)17-12-13-19(25(17)4)22(30)33-27-20(28)15-9-5-6-10-16(15)21(27)29/h5-6,9-10,12-13,18H,7-8,11,14H2,1-4H3. The summed E-state index contributed by atoms with van der Waals surface area (Å²) in [7, 11) is 1.69. The maximum Gasteiger partial charge on any atom is 0.410 e. The molecule has 1 saturated heterocycles. The van der Waals surface area contributed by atoms with Crippen molar-refractivity contribution in [3.05, 3.63) is 58.9 Å². The van der Waals surface area contributed by atoms with Crippen LogP contribution in [0.15, 0.2) is 36.4 Å². The molecule has 1 aromatic carbocycles. The molecule has 0 aliphatic carbocycles. The van der Waals surface area contributed by atoms with Crippen LogP contribution in [0.1, 0.15) is 83.0 Å². The second kappa shape index (κ2) is 8.38. The maximum atomic E-state index is 12.9. The fraction of sp³-hybridized carbons (Fsp3) is 0.417. The highest BCUT2D eigenvalue weighted by atomic mass is 16.7. The molecule has 33 heavy (non-hydrogen) atoms.